The SMILES string of the molecule is O=C(Cn1c2c(c3ccccc31)CCCC2)N1NC(C(F)F)=CC1(O)C(F)F. The fourth-order valence-corrected chi connectivity index (χ4v) is 4.05. The number of aliphatic hydroxyl groups is 1. The number of carbonyl (C=O) groups is 1. The standard InChI is InChI=1S/C19H19F4N3O2/c20-17(21)13-9-19(28,18(22)23)26(24-13)16(27)10-25-14-7-3-1-5-11(14)12-6-2-4-8-15(12)25/h1,3,5,7,9,17-18,24,28H,2,4,6,8,10H2. The van der Waals surface area contributed by atoms with E-state index in [9.17, 15) is 27.5 Å². The van der Waals surface area contributed by atoms with Gasteiger partial charge in [-0.25, -0.2) is 22.6 Å². The Balaban J connectivity index is 1.70. The minimum absolute atomic E-state index is 0.211. The van der Waals surface area contributed by atoms with Gasteiger partial charge in [-0.05, 0) is 37.3 Å². The molecule has 1 aliphatic carbocycles. The first kappa shape index (κ1) is 18.8. The van der Waals surface area contributed by atoms with E-state index in [4.69, 9.17) is 0 Å². The summed E-state index contributed by atoms with van der Waals surface area (Å²) >= 11 is 0. The van der Waals surface area contributed by atoms with E-state index >= 15 is 0 Å². The van der Waals surface area contributed by atoms with Crippen molar-refractivity contribution >= 4 is 16.8 Å². The molecule has 28 heavy (non-hydrogen) atoms. The maximum atomic E-state index is 13.4. The molecule has 0 saturated heterocycles. The predicted molar refractivity (Wildman–Crippen MR) is 93.6 cm³/mol. The first-order valence-electron chi connectivity index (χ1n) is 9.03. The lowest BCUT2D eigenvalue weighted by Crippen LogP contribution is -2.57. The Morgan fingerprint density at radius 3 is 2.61 bits per heavy atom. The molecule has 1 amide bonds. The molecule has 1 atom stereocenters. The van der Waals surface area contributed by atoms with Crippen LogP contribution in [-0.4, -0.2) is 39.2 Å². The number of aromatic nitrogens is 1. The summed E-state index contributed by atoms with van der Waals surface area (Å²) in [6, 6.07) is 7.48. The van der Waals surface area contributed by atoms with E-state index in [1.165, 1.54) is 0 Å². The summed E-state index contributed by atoms with van der Waals surface area (Å²) in [5.74, 6) is -0.927. The third-order valence-electron chi connectivity index (χ3n) is 5.35. The van der Waals surface area contributed by atoms with Gasteiger partial charge in [-0.2, -0.15) is 0 Å². The molecule has 2 N–H and O–H groups in total. The molecule has 2 aliphatic rings. The number of hydrogen-bond acceptors (Lipinski definition) is 3. The monoisotopic (exact) mass is 397 g/mol. The number of halogens is 4. The Morgan fingerprint density at radius 2 is 1.89 bits per heavy atom. The minimum Gasteiger partial charge on any atom is -0.361 e. The van der Waals surface area contributed by atoms with Gasteiger partial charge in [-0.1, -0.05) is 18.2 Å². The van der Waals surface area contributed by atoms with Crippen LogP contribution in [0.1, 0.15) is 24.1 Å². The van der Waals surface area contributed by atoms with Gasteiger partial charge in [0.2, 0.25) is 5.72 Å². The number of nitrogens with one attached hydrogen (secondary N) is 1. The van der Waals surface area contributed by atoms with Crippen LogP contribution in [0.25, 0.3) is 10.9 Å². The molecule has 0 fully saturated rings. The number of allylic oxidation sites excluding steroid dienone is 1. The van der Waals surface area contributed by atoms with Crippen molar-refractivity contribution < 1.29 is 27.5 Å². The van der Waals surface area contributed by atoms with Crippen LogP contribution in [0, 0.1) is 0 Å². The molecule has 2 aromatic rings. The van der Waals surface area contributed by atoms with E-state index in [1.807, 2.05) is 29.7 Å². The molecular weight excluding hydrogens is 378 g/mol. The molecule has 5 nitrogen and oxygen atoms in total. The highest BCUT2D eigenvalue weighted by Crippen LogP contribution is 2.34. The van der Waals surface area contributed by atoms with Gasteiger partial charge in [0.15, 0.2) is 0 Å². The van der Waals surface area contributed by atoms with E-state index in [1.54, 1.807) is 4.57 Å². The molecule has 150 valence electrons. The zero-order chi connectivity index (χ0) is 20.1. The number of para-hydroxylation sites is 1. The number of hydrazine groups is 1. The molecular formula is C19H19F4N3O2. The lowest BCUT2D eigenvalue weighted by molar-refractivity contribution is -0.184. The fraction of sp³-hybridized carbons (Fsp3) is 0.421. The van der Waals surface area contributed by atoms with Crippen molar-refractivity contribution in [2.75, 3.05) is 0 Å². The molecule has 0 bridgehead atoms. The third-order valence-corrected chi connectivity index (χ3v) is 5.35. The number of benzene rings is 1. The van der Waals surface area contributed by atoms with E-state index in [-0.39, 0.29) is 11.6 Å². The minimum atomic E-state index is -3.45. The number of nitrogens with zero attached hydrogens (tertiary/aromatic N) is 2. The molecule has 0 radical (unpaired) electrons. The van der Waals surface area contributed by atoms with Crippen LogP contribution >= 0.6 is 0 Å². The van der Waals surface area contributed by atoms with Crippen molar-refractivity contribution in [3.8, 4) is 0 Å². The lowest BCUT2D eigenvalue weighted by atomic mass is 9.95. The van der Waals surface area contributed by atoms with E-state index in [0.717, 1.165) is 47.8 Å². The Kier molecular flexibility index (Phi) is 4.57. The Morgan fingerprint density at radius 1 is 1.18 bits per heavy atom. The molecule has 9 heteroatoms. The summed E-state index contributed by atoms with van der Waals surface area (Å²) in [6.45, 7) is -0.345. The molecule has 1 aromatic carbocycles. The van der Waals surface area contributed by atoms with Crippen LogP contribution in [0.3, 0.4) is 0 Å². The maximum absolute atomic E-state index is 13.4. The van der Waals surface area contributed by atoms with Gasteiger partial charge in [-0.15, -0.1) is 0 Å². The molecule has 1 unspecified atom stereocenters. The largest absolute Gasteiger partial charge is 0.361 e. The topological polar surface area (TPSA) is 57.5 Å². The van der Waals surface area contributed by atoms with Gasteiger partial charge in [0.25, 0.3) is 18.8 Å². The van der Waals surface area contributed by atoms with Crippen molar-refractivity contribution in [3.05, 3.63) is 47.3 Å². The summed E-state index contributed by atoms with van der Waals surface area (Å²) in [5.41, 5.74) is 0.768. The average molecular weight is 397 g/mol. The maximum Gasteiger partial charge on any atom is 0.291 e. The second-order valence-electron chi connectivity index (χ2n) is 7.06. The third kappa shape index (κ3) is 2.85. The van der Waals surface area contributed by atoms with Gasteiger partial charge in [0.1, 0.15) is 6.54 Å². The number of amides is 1. The number of aryl methyl sites for hydroxylation is 1. The smallest absolute Gasteiger partial charge is 0.291 e. The van der Waals surface area contributed by atoms with Crippen molar-refractivity contribution in [1.29, 1.82) is 0 Å². The molecule has 2 heterocycles. The highest BCUT2D eigenvalue weighted by Gasteiger charge is 2.50. The molecule has 4 rings (SSSR count). The molecule has 0 saturated carbocycles. The lowest BCUT2D eigenvalue weighted by Gasteiger charge is -2.32. The Hall–Kier alpha value is -2.55. The van der Waals surface area contributed by atoms with Gasteiger partial charge >= 0.3 is 0 Å². The summed E-state index contributed by atoms with van der Waals surface area (Å²) in [4.78, 5) is 12.8. The fourth-order valence-electron chi connectivity index (χ4n) is 4.05. The summed E-state index contributed by atoms with van der Waals surface area (Å²) in [7, 11) is 0. The van der Waals surface area contributed by atoms with Crippen LogP contribution in [-0.2, 0) is 24.2 Å². The number of carbonyl (C=O) groups excluding carboxylic acids is 1. The van der Waals surface area contributed by atoms with Gasteiger partial charge < -0.3 is 9.67 Å². The second kappa shape index (κ2) is 6.80. The average Bonchev–Trinajstić information content (AvgIpc) is 3.20. The number of hydrogen-bond donors (Lipinski definition) is 2. The first-order chi connectivity index (χ1) is 13.3. The van der Waals surface area contributed by atoms with Crippen molar-refractivity contribution in [3.63, 3.8) is 0 Å². The molecule has 0 spiro atoms. The highest BCUT2D eigenvalue weighted by molar-refractivity contribution is 5.88. The quantitative estimate of drug-likeness (QED) is 0.780. The van der Waals surface area contributed by atoms with E-state index < -0.39 is 30.2 Å². The Bertz CT molecular complexity index is 956. The molecule has 1 aromatic heterocycles. The van der Waals surface area contributed by atoms with Crippen LogP contribution in [0.2, 0.25) is 0 Å². The normalized spacial score (nSPS) is 22.0. The summed E-state index contributed by atoms with van der Waals surface area (Å²) < 4.78 is 54.5. The van der Waals surface area contributed by atoms with Gasteiger partial charge in [0.05, 0.1) is 5.70 Å². The van der Waals surface area contributed by atoms with E-state index in [0.29, 0.717) is 6.08 Å². The van der Waals surface area contributed by atoms with Gasteiger partial charge in [0, 0.05) is 22.7 Å². The van der Waals surface area contributed by atoms with Crippen LogP contribution in [0.15, 0.2) is 36.0 Å². The highest BCUT2D eigenvalue weighted by atomic mass is 19.3. The summed E-state index contributed by atoms with van der Waals surface area (Å²) in [5, 5.41) is 11.4. The predicted octanol–water partition coefficient (Wildman–Crippen LogP) is 2.97. The Labute approximate surface area is 158 Å². The summed E-state index contributed by atoms with van der Waals surface area (Å²) in [6.07, 6.45) is -2.70. The second-order valence-corrected chi connectivity index (χ2v) is 7.06. The van der Waals surface area contributed by atoms with Crippen molar-refractivity contribution in [2.24, 2.45) is 0 Å². The van der Waals surface area contributed by atoms with Crippen LogP contribution in [0.5, 0.6) is 0 Å². The molecule has 1 aliphatic heterocycles. The first-order valence-corrected chi connectivity index (χ1v) is 9.03. The zero-order valence-electron chi connectivity index (χ0n) is 14.8. The number of alkyl halides is 4. The zero-order valence-corrected chi connectivity index (χ0v) is 14.8. The van der Waals surface area contributed by atoms with E-state index in [2.05, 4.69) is 0 Å². The van der Waals surface area contributed by atoms with Crippen molar-refractivity contribution in [1.82, 2.24) is 15.0 Å². The van der Waals surface area contributed by atoms with Crippen LogP contribution < -0.4 is 5.43 Å². The number of fused-ring (bicyclic) bond motifs is 3. The van der Waals surface area contributed by atoms with Gasteiger partial charge in [-0.3, -0.25) is 10.2 Å². The van der Waals surface area contributed by atoms with Crippen molar-refractivity contribution in [2.45, 2.75) is 50.8 Å². The number of rotatable bonds is 4. The van der Waals surface area contributed by atoms with Crippen LogP contribution in [0.4, 0.5) is 17.6 Å².